The summed E-state index contributed by atoms with van der Waals surface area (Å²) in [6.45, 7) is 0.640. The Labute approximate surface area is 122 Å². The molecule has 0 bridgehead atoms. The molecular weight excluding hydrogens is 343 g/mol. The molecule has 1 aromatic carbocycles. The number of rotatable bonds is 3. The van der Waals surface area contributed by atoms with E-state index in [0.29, 0.717) is 16.6 Å². The molecule has 2 nitrogen and oxygen atoms in total. The van der Waals surface area contributed by atoms with Gasteiger partial charge in [-0.05, 0) is 39.5 Å². The van der Waals surface area contributed by atoms with E-state index in [2.05, 4.69) is 21.2 Å². The lowest BCUT2D eigenvalue weighted by Crippen LogP contribution is -2.00. The quantitative estimate of drug-likeness (QED) is 0.762. The van der Waals surface area contributed by atoms with Crippen LogP contribution >= 0.6 is 50.5 Å². The highest BCUT2D eigenvalue weighted by Crippen LogP contribution is 2.36. The highest BCUT2D eigenvalue weighted by Gasteiger charge is 2.08. The lowest BCUT2D eigenvalue weighted by molar-refractivity contribution is 1.19. The zero-order valence-electron chi connectivity index (χ0n) is 8.64. The first-order valence-corrected chi connectivity index (χ1v) is 7.21. The average Bonchev–Trinajstić information content (AvgIpc) is 2.71. The zero-order valence-corrected chi connectivity index (χ0v) is 12.6. The van der Waals surface area contributed by atoms with Gasteiger partial charge in [0.15, 0.2) is 0 Å². The van der Waals surface area contributed by atoms with Crippen LogP contribution < -0.4 is 11.1 Å². The molecule has 0 spiro atoms. The molecule has 6 heteroatoms. The highest BCUT2D eigenvalue weighted by atomic mass is 79.9. The fourth-order valence-corrected chi connectivity index (χ4v) is 2.91. The van der Waals surface area contributed by atoms with Gasteiger partial charge in [0.2, 0.25) is 0 Å². The molecule has 0 fully saturated rings. The first-order valence-electron chi connectivity index (χ1n) is 4.79. The first-order chi connectivity index (χ1) is 8.09. The van der Waals surface area contributed by atoms with Crippen molar-refractivity contribution in [2.45, 2.75) is 6.54 Å². The molecule has 1 heterocycles. The second kappa shape index (κ2) is 5.48. The van der Waals surface area contributed by atoms with Crippen LogP contribution in [0.1, 0.15) is 4.88 Å². The van der Waals surface area contributed by atoms with E-state index in [-0.39, 0.29) is 0 Å². The minimum atomic E-state index is 0.510. The van der Waals surface area contributed by atoms with Gasteiger partial charge in [-0.15, -0.1) is 11.3 Å². The fourth-order valence-electron chi connectivity index (χ4n) is 1.33. The molecule has 1 aromatic heterocycles. The lowest BCUT2D eigenvalue weighted by Gasteiger charge is -2.10. The molecule has 0 unspecified atom stereocenters. The van der Waals surface area contributed by atoms with Crippen LogP contribution in [0.15, 0.2) is 28.1 Å². The molecular formula is C11H9BrCl2N2S. The molecule has 0 saturated heterocycles. The smallest absolute Gasteiger partial charge is 0.0835 e. The summed E-state index contributed by atoms with van der Waals surface area (Å²) in [5.74, 6) is 0. The molecule has 0 aliphatic rings. The number of halogens is 3. The van der Waals surface area contributed by atoms with E-state index < -0.39 is 0 Å². The molecule has 2 aromatic rings. The van der Waals surface area contributed by atoms with E-state index in [4.69, 9.17) is 28.9 Å². The minimum Gasteiger partial charge on any atom is -0.398 e. The predicted molar refractivity (Wildman–Crippen MR) is 80.2 cm³/mol. The molecule has 2 rings (SSSR count). The van der Waals surface area contributed by atoms with Crippen molar-refractivity contribution >= 4 is 61.8 Å². The normalized spacial score (nSPS) is 10.5. The van der Waals surface area contributed by atoms with Gasteiger partial charge in [-0.2, -0.15) is 0 Å². The van der Waals surface area contributed by atoms with E-state index >= 15 is 0 Å². The maximum atomic E-state index is 6.13. The number of nitrogen functional groups attached to an aromatic ring is 1. The molecule has 3 N–H and O–H groups in total. The van der Waals surface area contributed by atoms with Gasteiger partial charge >= 0.3 is 0 Å². The molecule has 17 heavy (non-hydrogen) atoms. The molecule has 0 radical (unpaired) electrons. The highest BCUT2D eigenvalue weighted by molar-refractivity contribution is 9.10. The van der Waals surface area contributed by atoms with E-state index in [9.17, 15) is 0 Å². The van der Waals surface area contributed by atoms with Crippen molar-refractivity contribution in [1.29, 1.82) is 0 Å². The van der Waals surface area contributed by atoms with E-state index in [0.717, 1.165) is 20.7 Å². The Kier molecular flexibility index (Phi) is 4.20. The number of benzene rings is 1. The number of hydrogen-bond acceptors (Lipinski definition) is 3. The number of hydrogen-bond donors (Lipinski definition) is 2. The third-order valence-corrected chi connectivity index (χ3v) is 4.96. The van der Waals surface area contributed by atoms with Crippen molar-refractivity contribution in [2.24, 2.45) is 0 Å². The topological polar surface area (TPSA) is 38.0 Å². The third-order valence-electron chi connectivity index (χ3n) is 2.25. The Hall–Kier alpha value is -0.420. The van der Waals surface area contributed by atoms with Crippen LogP contribution in [0.5, 0.6) is 0 Å². The van der Waals surface area contributed by atoms with Crippen LogP contribution in [0.3, 0.4) is 0 Å². The number of nitrogens with one attached hydrogen (secondary N) is 1. The average molecular weight is 352 g/mol. The van der Waals surface area contributed by atoms with Crippen molar-refractivity contribution in [3.63, 3.8) is 0 Å². The molecule has 0 atom stereocenters. The third kappa shape index (κ3) is 2.88. The van der Waals surface area contributed by atoms with E-state index in [1.165, 1.54) is 0 Å². The van der Waals surface area contributed by atoms with Crippen LogP contribution in [0, 0.1) is 0 Å². The minimum absolute atomic E-state index is 0.510. The van der Waals surface area contributed by atoms with Gasteiger partial charge in [0, 0.05) is 15.0 Å². The summed E-state index contributed by atoms with van der Waals surface area (Å²) in [7, 11) is 0. The Bertz CT molecular complexity index is 542. The van der Waals surface area contributed by atoms with E-state index in [1.54, 1.807) is 11.3 Å². The largest absolute Gasteiger partial charge is 0.398 e. The van der Waals surface area contributed by atoms with Crippen molar-refractivity contribution in [1.82, 2.24) is 0 Å². The Morgan fingerprint density at radius 3 is 2.65 bits per heavy atom. The summed E-state index contributed by atoms with van der Waals surface area (Å²) in [5.41, 5.74) is 7.39. The Morgan fingerprint density at radius 1 is 1.24 bits per heavy atom. The molecule has 90 valence electrons. The summed E-state index contributed by atoms with van der Waals surface area (Å²) in [4.78, 5) is 1.08. The van der Waals surface area contributed by atoms with E-state index in [1.807, 2.05) is 23.6 Å². The summed E-state index contributed by atoms with van der Waals surface area (Å²) < 4.78 is 0.783. The Balaban J connectivity index is 2.15. The maximum absolute atomic E-state index is 6.13. The van der Waals surface area contributed by atoms with Crippen LogP contribution in [-0.4, -0.2) is 0 Å². The van der Waals surface area contributed by atoms with Gasteiger partial charge in [0.05, 0.1) is 22.3 Å². The van der Waals surface area contributed by atoms with Crippen LogP contribution in [0.4, 0.5) is 11.4 Å². The SMILES string of the molecule is Nc1ccsc1CNc1ccc(Br)c(Cl)c1Cl. The molecule has 0 amide bonds. The van der Waals surface area contributed by atoms with Gasteiger partial charge in [-0.25, -0.2) is 0 Å². The number of nitrogens with two attached hydrogens (primary N) is 1. The monoisotopic (exact) mass is 350 g/mol. The van der Waals surface area contributed by atoms with Gasteiger partial charge in [-0.3, -0.25) is 0 Å². The molecule has 0 aliphatic carbocycles. The standard InChI is InChI=1S/C11H9BrCl2N2S/c12-6-1-2-8(11(14)10(6)13)16-5-9-7(15)3-4-17-9/h1-4,16H,5,15H2. The van der Waals surface area contributed by atoms with Gasteiger partial charge in [0.25, 0.3) is 0 Å². The summed E-state index contributed by atoms with van der Waals surface area (Å²) in [6.07, 6.45) is 0. The molecule has 0 saturated carbocycles. The first kappa shape index (κ1) is 13.0. The van der Waals surface area contributed by atoms with Crippen LogP contribution in [-0.2, 0) is 6.54 Å². The van der Waals surface area contributed by atoms with Gasteiger partial charge in [-0.1, -0.05) is 23.2 Å². The van der Waals surface area contributed by atoms with Crippen LogP contribution in [0.2, 0.25) is 10.0 Å². The van der Waals surface area contributed by atoms with Crippen molar-refractivity contribution in [2.75, 3.05) is 11.1 Å². The maximum Gasteiger partial charge on any atom is 0.0835 e. The van der Waals surface area contributed by atoms with Crippen molar-refractivity contribution in [3.8, 4) is 0 Å². The van der Waals surface area contributed by atoms with Crippen molar-refractivity contribution in [3.05, 3.63) is 43.0 Å². The van der Waals surface area contributed by atoms with Crippen molar-refractivity contribution < 1.29 is 0 Å². The number of anilines is 2. The fraction of sp³-hybridized carbons (Fsp3) is 0.0909. The lowest BCUT2D eigenvalue weighted by atomic mass is 10.3. The summed E-state index contributed by atoms with van der Waals surface area (Å²) >= 11 is 17.1. The second-order valence-electron chi connectivity index (χ2n) is 3.38. The number of thiophene rings is 1. The zero-order chi connectivity index (χ0) is 12.4. The summed E-state index contributed by atoms with van der Waals surface area (Å²) in [6, 6.07) is 5.62. The van der Waals surface area contributed by atoms with Gasteiger partial charge < -0.3 is 11.1 Å². The second-order valence-corrected chi connectivity index (χ2v) is 5.99. The predicted octanol–water partition coefficient (Wildman–Crippen LogP) is 5.01. The summed E-state index contributed by atoms with van der Waals surface area (Å²) in [5, 5.41) is 6.20. The van der Waals surface area contributed by atoms with Crippen LogP contribution in [0.25, 0.3) is 0 Å². The Morgan fingerprint density at radius 2 is 2.00 bits per heavy atom. The molecule has 0 aliphatic heterocycles. The van der Waals surface area contributed by atoms with Gasteiger partial charge in [0.1, 0.15) is 0 Å².